The van der Waals surface area contributed by atoms with Crippen molar-refractivity contribution in [3.63, 3.8) is 0 Å². The summed E-state index contributed by atoms with van der Waals surface area (Å²) in [6.07, 6.45) is 6.32. The van der Waals surface area contributed by atoms with E-state index < -0.39 is 10.8 Å². The van der Waals surface area contributed by atoms with Gasteiger partial charge in [0, 0.05) is 36.5 Å². The number of methoxy groups -OCH3 is 8. The molecule has 12 aliphatic rings. The molecule has 68 heavy (non-hydrogen) atoms. The maximum atomic E-state index is 6.50. The Hall–Kier alpha value is -5.60. The maximum Gasteiger partial charge on any atom is 0.203 e. The molecule has 0 saturated carbocycles. The number of rotatable bonds is 8. The fourth-order valence-corrected chi connectivity index (χ4v) is 10.2. The molecule has 2 saturated heterocycles. The predicted octanol–water partition coefficient (Wildman–Crippen LogP) is 8.86. The number of hydrogen-bond acceptors (Lipinski definition) is 12. The Morgan fingerprint density at radius 2 is 0.500 bits per heavy atom. The highest BCUT2D eigenvalue weighted by Crippen LogP contribution is 2.54. The van der Waals surface area contributed by atoms with E-state index in [4.69, 9.17) is 56.8 Å². The minimum atomic E-state index is -0.422. The van der Waals surface area contributed by atoms with Gasteiger partial charge in [0.2, 0.25) is 23.0 Å². The number of ether oxygens (including phenoxy) is 12. The Bertz CT molecular complexity index is 1940. The number of likely N-dealkylation sites (tertiary alicyclic amines) is 2. The molecule has 4 aromatic carbocycles. The van der Waals surface area contributed by atoms with Crippen LogP contribution in [0.15, 0.2) is 48.5 Å². The van der Waals surface area contributed by atoms with E-state index in [0.29, 0.717) is 121 Å². The van der Waals surface area contributed by atoms with Gasteiger partial charge in [0.25, 0.3) is 0 Å². The molecule has 0 atom stereocenters. The lowest BCUT2D eigenvalue weighted by Gasteiger charge is -2.45. The molecule has 0 aromatic heterocycles. The van der Waals surface area contributed by atoms with Crippen LogP contribution in [-0.4, -0.2) is 147 Å². The van der Waals surface area contributed by atoms with E-state index in [9.17, 15) is 0 Å². The first kappa shape index (κ1) is 50.3. The lowest BCUT2D eigenvalue weighted by atomic mass is 9.67. The maximum absolute atomic E-state index is 6.50. The van der Waals surface area contributed by atoms with E-state index in [1.54, 1.807) is 56.9 Å². The van der Waals surface area contributed by atoms with E-state index in [1.165, 1.54) is 0 Å². The minimum absolute atomic E-state index is 0.420. The van der Waals surface area contributed by atoms with Crippen molar-refractivity contribution in [2.75, 3.05) is 138 Å². The third-order valence-electron chi connectivity index (χ3n) is 14.7. The van der Waals surface area contributed by atoms with Crippen LogP contribution in [-0.2, 0) is 10.8 Å². The summed E-state index contributed by atoms with van der Waals surface area (Å²) in [7, 11) is 22.5. The number of piperidine rings is 2. The summed E-state index contributed by atoms with van der Waals surface area (Å²) in [4.78, 5) is 0. The van der Waals surface area contributed by atoms with Crippen LogP contribution in [0.4, 0.5) is 0 Å². The average Bonchev–Trinajstić information content (AvgIpc) is 3.35. The Labute approximate surface area is 404 Å². The van der Waals surface area contributed by atoms with Crippen molar-refractivity contribution in [2.45, 2.75) is 62.2 Å². The third kappa shape index (κ3) is 10.2. The molecule has 372 valence electrons. The van der Waals surface area contributed by atoms with Gasteiger partial charge in [-0.05, 0) is 96.5 Å². The fourth-order valence-electron chi connectivity index (χ4n) is 10.2. The molecule has 0 unspecified atom stereocenters. The van der Waals surface area contributed by atoms with Crippen molar-refractivity contribution < 1.29 is 65.8 Å². The summed E-state index contributed by atoms with van der Waals surface area (Å²) < 4.78 is 76.4. The molecule has 4 aromatic rings. The molecule has 14 nitrogen and oxygen atoms in total. The number of hydrogen-bond donors (Lipinski definition) is 0. The van der Waals surface area contributed by atoms with Gasteiger partial charge in [-0.2, -0.15) is 0 Å². The first-order valence-corrected chi connectivity index (χ1v) is 24.0. The molecule has 16 rings (SSSR count). The van der Waals surface area contributed by atoms with Crippen molar-refractivity contribution in [2.24, 2.45) is 0 Å². The SMILES string of the molecule is COc1cc2cc(OC)c1OCCCCOc1c(OC)cc(cc1OC)C1(CC[N+](C)(C)CC1)c1cc(OC)c(c(OC)c1)OCCCCOc1c(OC)cc(cc1OC)C21CC[N+](C)(C)CC1. The molecular formula is C54H76N2O12+2. The van der Waals surface area contributed by atoms with Crippen LogP contribution in [0.5, 0.6) is 69.0 Å². The second kappa shape index (κ2) is 21.4. The van der Waals surface area contributed by atoms with Gasteiger partial charge < -0.3 is 65.8 Å². The zero-order valence-electron chi connectivity index (χ0n) is 42.7. The molecular weight excluding hydrogens is 869 g/mol. The van der Waals surface area contributed by atoms with E-state index in [0.717, 1.165) is 83.1 Å². The molecule has 2 fully saturated rings. The Morgan fingerprint density at radius 3 is 0.662 bits per heavy atom. The van der Waals surface area contributed by atoms with Crippen molar-refractivity contribution in [3.8, 4) is 69.0 Å². The Kier molecular flexibility index (Phi) is 15.8. The van der Waals surface area contributed by atoms with E-state index >= 15 is 0 Å². The van der Waals surface area contributed by atoms with Gasteiger partial charge in [-0.15, -0.1) is 0 Å². The zero-order valence-corrected chi connectivity index (χ0v) is 42.7. The molecule has 12 aliphatic heterocycles. The highest BCUT2D eigenvalue weighted by Gasteiger charge is 2.45. The van der Waals surface area contributed by atoms with Crippen molar-refractivity contribution in [3.05, 3.63) is 70.8 Å². The van der Waals surface area contributed by atoms with E-state index in [-0.39, 0.29) is 0 Å². The standard InChI is InChI=1S/C54H76N2O12/c1-55(2)21-17-53(18-22-55)37-29-41(57-5)49(42(30-37)58-6)65-25-13-15-27-67-51-45(61-9)33-39(34-46(51)62-10)54(19-23-56(3,4)24-20-54)40-35-47(63-11)52(48(36-40)64-12)68-28-16-14-26-66-50-43(59-7)31-38(53)32-44(50)60-8/h29-36H,13-28H2,1-12H3/q+2. The summed E-state index contributed by atoms with van der Waals surface area (Å²) in [5.41, 5.74) is 3.43. The van der Waals surface area contributed by atoms with Gasteiger partial charge in [0.15, 0.2) is 46.0 Å². The molecule has 2 spiro atoms. The summed E-state index contributed by atoms with van der Waals surface area (Å²) in [5.74, 6) is 7.12. The predicted molar refractivity (Wildman–Crippen MR) is 262 cm³/mol. The number of quaternary nitrogens is 2. The van der Waals surface area contributed by atoms with Crippen LogP contribution >= 0.6 is 0 Å². The molecule has 12 heterocycles. The van der Waals surface area contributed by atoms with Gasteiger partial charge in [-0.25, -0.2) is 0 Å². The van der Waals surface area contributed by atoms with Crippen LogP contribution in [0.3, 0.4) is 0 Å². The summed E-state index contributed by atoms with van der Waals surface area (Å²) >= 11 is 0. The van der Waals surface area contributed by atoms with Gasteiger partial charge in [-0.1, -0.05) is 0 Å². The molecule has 14 heteroatoms. The van der Waals surface area contributed by atoms with Crippen LogP contribution in [0.1, 0.15) is 73.6 Å². The molecule has 0 aliphatic carbocycles. The van der Waals surface area contributed by atoms with Crippen molar-refractivity contribution in [1.29, 1.82) is 0 Å². The molecule has 0 amide bonds. The van der Waals surface area contributed by atoms with Crippen molar-refractivity contribution in [1.82, 2.24) is 0 Å². The summed E-state index contributed by atoms with van der Waals surface area (Å²) in [5, 5.41) is 0. The fraction of sp³-hybridized carbons (Fsp3) is 0.556. The quantitative estimate of drug-likeness (QED) is 0.158. The van der Waals surface area contributed by atoms with Crippen LogP contribution in [0.25, 0.3) is 0 Å². The minimum Gasteiger partial charge on any atom is -0.493 e. The van der Waals surface area contributed by atoms with E-state index in [2.05, 4.69) is 76.7 Å². The second-order valence-corrected chi connectivity index (χ2v) is 19.6. The molecule has 0 N–H and O–H groups in total. The van der Waals surface area contributed by atoms with Gasteiger partial charge >= 0.3 is 0 Å². The first-order valence-electron chi connectivity index (χ1n) is 24.0. The van der Waals surface area contributed by atoms with Crippen LogP contribution < -0.4 is 56.8 Å². The van der Waals surface area contributed by atoms with Crippen molar-refractivity contribution >= 4 is 0 Å². The normalized spacial score (nSPS) is 18.9. The first-order chi connectivity index (χ1) is 32.7. The molecule has 0 radical (unpaired) electrons. The van der Waals surface area contributed by atoms with Crippen LogP contribution in [0.2, 0.25) is 0 Å². The lowest BCUT2D eigenvalue weighted by molar-refractivity contribution is -0.896. The Balaban J connectivity index is 1.28. The topological polar surface area (TPSA) is 111 Å². The van der Waals surface area contributed by atoms with Gasteiger partial charge in [0.05, 0.1) is 138 Å². The molecule has 8 bridgehead atoms. The zero-order chi connectivity index (χ0) is 48.7. The summed E-state index contributed by atoms with van der Waals surface area (Å²) in [6, 6.07) is 16.9. The largest absolute Gasteiger partial charge is 0.493 e. The highest BCUT2D eigenvalue weighted by molar-refractivity contribution is 5.63. The van der Waals surface area contributed by atoms with E-state index in [1.807, 2.05) is 0 Å². The number of nitrogens with zero attached hydrogens (tertiary/aromatic N) is 2. The Morgan fingerprint density at radius 1 is 0.324 bits per heavy atom. The third-order valence-corrected chi connectivity index (χ3v) is 14.7. The van der Waals surface area contributed by atoms with Crippen LogP contribution in [0, 0.1) is 0 Å². The average molecular weight is 945 g/mol. The van der Waals surface area contributed by atoms with Gasteiger partial charge in [-0.3, -0.25) is 0 Å². The lowest BCUT2D eigenvalue weighted by Crippen LogP contribution is -2.51. The smallest absolute Gasteiger partial charge is 0.203 e. The highest BCUT2D eigenvalue weighted by atomic mass is 16.6. The second-order valence-electron chi connectivity index (χ2n) is 19.6. The number of benzene rings is 4. The van der Waals surface area contributed by atoms with Gasteiger partial charge in [0.1, 0.15) is 0 Å². The summed E-state index contributed by atoms with van der Waals surface area (Å²) in [6.45, 7) is 5.51. The monoisotopic (exact) mass is 945 g/mol.